The van der Waals surface area contributed by atoms with E-state index in [4.69, 9.17) is 9.47 Å². The van der Waals surface area contributed by atoms with Gasteiger partial charge in [-0.2, -0.15) is 0 Å². The standard InChI is InChI=1S/C20H26N2O5/c1-6-11-22(12-7-2)17(23)14-26-18(24)15-9-8-10-16(13-15)21-19(25)27-20(3,4)5/h6-10,13H,1-2,11-12,14H2,3-5H3,(H,21,25). The Bertz CT molecular complexity index is 697. The molecule has 2 amide bonds. The molecule has 0 aliphatic rings. The van der Waals surface area contributed by atoms with E-state index in [2.05, 4.69) is 18.5 Å². The van der Waals surface area contributed by atoms with Crippen molar-refractivity contribution in [2.45, 2.75) is 26.4 Å². The Kier molecular flexibility index (Phi) is 8.26. The number of carbonyl (C=O) groups is 3. The Hall–Kier alpha value is -3.09. The van der Waals surface area contributed by atoms with Crippen LogP contribution < -0.4 is 5.32 Å². The van der Waals surface area contributed by atoms with Gasteiger partial charge in [0.15, 0.2) is 6.61 Å². The van der Waals surface area contributed by atoms with E-state index in [9.17, 15) is 14.4 Å². The molecule has 0 saturated carbocycles. The van der Waals surface area contributed by atoms with Crippen LogP contribution in [-0.2, 0) is 14.3 Å². The first kappa shape index (κ1) is 22.0. The van der Waals surface area contributed by atoms with Crippen LogP contribution in [0.4, 0.5) is 10.5 Å². The molecular weight excluding hydrogens is 348 g/mol. The van der Waals surface area contributed by atoms with Crippen molar-refractivity contribution in [2.24, 2.45) is 0 Å². The summed E-state index contributed by atoms with van der Waals surface area (Å²) in [5, 5.41) is 2.54. The molecule has 7 heteroatoms. The van der Waals surface area contributed by atoms with Crippen molar-refractivity contribution in [1.82, 2.24) is 4.90 Å². The van der Waals surface area contributed by atoms with Crippen LogP contribution in [0.1, 0.15) is 31.1 Å². The minimum Gasteiger partial charge on any atom is -0.452 e. The summed E-state index contributed by atoms with van der Waals surface area (Å²) in [7, 11) is 0. The van der Waals surface area contributed by atoms with Gasteiger partial charge in [0.1, 0.15) is 5.60 Å². The first-order chi connectivity index (χ1) is 12.7. The van der Waals surface area contributed by atoms with Crippen molar-refractivity contribution >= 4 is 23.7 Å². The van der Waals surface area contributed by atoms with E-state index in [0.717, 1.165) is 0 Å². The van der Waals surface area contributed by atoms with Crippen LogP contribution in [0.5, 0.6) is 0 Å². The number of amides is 2. The third kappa shape index (κ3) is 8.22. The van der Waals surface area contributed by atoms with E-state index in [1.54, 1.807) is 45.1 Å². The summed E-state index contributed by atoms with van der Waals surface area (Å²) in [5.74, 6) is -1.03. The van der Waals surface area contributed by atoms with Gasteiger partial charge in [-0.05, 0) is 39.0 Å². The van der Waals surface area contributed by atoms with Crippen molar-refractivity contribution in [3.63, 3.8) is 0 Å². The highest BCUT2D eigenvalue weighted by Crippen LogP contribution is 2.14. The summed E-state index contributed by atoms with van der Waals surface area (Å²) < 4.78 is 10.2. The molecule has 146 valence electrons. The van der Waals surface area contributed by atoms with Gasteiger partial charge in [-0.1, -0.05) is 18.2 Å². The van der Waals surface area contributed by atoms with Gasteiger partial charge in [0.25, 0.3) is 5.91 Å². The number of hydrogen-bond acceptors (Lipinski definition) is 5. The molecule has 0 saturated heterocycles. The first-order valence-corrected chi connectivity index (χ1v) is 8.43. The predicted octanol–water partition coefficient (Wildman–Crippen LogP) is 3.39. The zero-order chi connectivity index (χ0) is 20.4. The summed E-state index contributed by atoms with van der Waals surface area (Å²) in [6.45, 7) is 12.7. The summed E-state index contributed by atoms with van der Waals surface area (Å²) in [4.78, 5) is 37.5. The SMILES string of the molecule is C=CCN(CC=C)C(=O)COC(=O)c1cccc(NC(=O)OC(C)(C)C)c1. The maximum Gasteiger partial charge on any atom is 0.412 e. The van der Waals surface area contributed by atoms with Crippen LogP contribution in [0.25, 0.3) is 0 Å². The lowest BCUT2D eigenvalue weighted by atomic mass is 10.2. The molecule has 0 atom stereocenters. The van der Waals surface area contributed by atoms with Gasteiger partial charge in [-0.25, -0.2) is 9.59 Å². The van der Waals surface area contributed by atoms with Gasteiger partial charge in [0.2, 0.25) is 0 Å². The molecule has 0 spiro atoms. The van der Waals surface area contributed by atoms with E-state index in [1.807, 2.05) is 0 Å². The lowest BCUT2D eigenvalue weighted by Crippen LogP contribution is -2.35. The molecule has 0 aliphatic heterocycles. The van der Waals surface area contributed by atoms with Crippen molar-refractivity contribution in [2.75, 3.05) is 25.0 Å². The lowest BCUT2D eigenvalue weighted by molar-refractivity contribution is -0.133. The molecule has 0 radical (unpaired) electrons. The quantitative estimate of drug-likeness (QED) is 0.557. The largest absolute Gasteiger partial charge is 0.452 e. The van der Waals surface area contributed by atoms with E-state index in [1.165, 1.54) is 17.0 Å². The number of nitrogens with one attached hydrogen (secondary N) is 1. The monoisotopic (exact) mass is 374 g/mol. The van der Waals surface area contributed by atoms with Gasteiger partial charge in [-0.15, -0.1) is 13.2 Å². The van der Waals surface area contributed by atoms with Crippen LogP contribution in [0.15, 0.2) is 49.6 Å². The second kappa shape index (κ2) is 10.2. The molecule has 27 heavy (non-hydrogen) atoms. The second-order valence-corrected chi connectivity index (χ2v) is 6.66. The molecule has 1 rings (SSSR count). The minimum absolute atomic E-state index is 0.204. The van der Waals surface area contributed by atoms with Gasteiger partial charge < -0.3 is 14.4 Å². The normalized spacial score (nSPS) is 10.5. The summed E-state index contributed by atoms with van der Waals surface area (Å²) in [6.07, 6.45) is 2.53. The summed E-state index contributed by atoms with van der Waals surface area (Å²) in [6, 6.07) is 6.18. The maximum absolute atomic E-state index is 12.2. The van der Waals surface area contributed by atoms with Crippen molar-refractivity contribution < 1.29 is 23.9 Å². The highest BCUT2D eigenvalue weighted by atomic mass is 16.6. The average molecular weight is 374 g/mol. The second-order valence-electron chi connectivity index (χ2n) is 6.66. The third-order valence-corrected chi connectivity index (χ3v) is 3.12. The highest BCUT2D eigenvalue weighted by molar-refractivity contribution is 5.93. The first-order valence-electron chi connectivity index (χ1n) is 8.43. The molecule has 1 N–H and O–H groups in total. The number of esters is 1. The Morgan fingerprint density at radius 1 is 1.15 bits per heavy atom. The van der Waals surface area contributed by atoms with Crippen LogP contribution in [0, 0.1) is 0 Å². The molecule has 0 aliphatic carbocycles. The fraction of sp³-hybridized carbons (Fsp3) is 0.350. The molecule has 0 unspecified atom stereocenters. The van der Waals surface area contributed by atoms with Gasteiger partial charge >= 0.3 is 12.1 Å². The van der Waals surface area contributed by atoms with Crippen molar-refractivity contribution in [3.05, 3.63) is 55.1 Å². The fourth-order valence-corrected chi connectivity index (χ4v) is 2.04. The number of nitrogens with zero attached hydrogens (tertiary/aromatic N) is 1. The molecule has 0 heterocycles. The van der Waals surface area contributed by atoms with Gasteiger partial charge in [-0.3, -0.25) is 10.1 Å². The smallest absolute Gasteiger partial charge is 0.412 e. The topological polar surface area (TPSA) is 84.9 Å². The van der Waals surface area contributed by atoms with Gasteiger partial charge in [0.05, 0.1) is 5.56 Å². The summed E-state index contributed by atoms with van der Waals surface area (Å²) >= 11 is 0. The number of benzene rings is 1. The molecule has 7 nitrogen and oxygen atoms in total. The third-order valence-electron chi connectivity index (χ3n) is 3.12. The van der Waals surface area contributed by atoms with Crippen LogP contribution in [-0.4, -0.2) is 48.2 Å². The number of carbonyl (C=O) groups excluding carboxylic acids is 3. The van der Waals surface area contributed by atoms with Crippen LogP contribution in [0.2, 0.25) is 0 Å². The zero-order valence-electron chi connectivity index (χ0n) is 16.0. The predicted molar refractivity (Wildman–Crippen MR) is 104 cm³/mol. The van der Waals surface area contributed by atoms with E-state index in [0.29, 0.717) is 18.8 Å². The van der Waals surface area contributed by atoms with Crippen LogP contribution in [0.3, 0.4) is 0 Å². The number of ether oxygens (including phenoxy) is 2. The Balaban J connectivity index is 2.68. The molecule has 0 fully saturated rings. The van der Waals surface area contributed by atoms with E-state index in [-0.39, 0.29) is 11.5 Å². The lowest BCUT2D eigenvalue weighted by Gasteiger charge is -2.20. The Morgan fingerprint density at radius 2 is 1.78 bits per heavy atom. The number of anilines is 1. The summed E-state index contributed by atoms with van der Waals surface area (Å²) in [5.41, 5.74) is -0.0516. The molecule has 1 aromatic carbocycles. The Labute approximate surface area is 159 Å². The van der Waals surface area contributed by atoms with Crippen molar-refractivity contribution in [3.8, 4) is 0 Å². The Morgan fingerprint density at radius 3 is 2.33 bits per heavy atom. The molecule has 0 bridgehead atoms. The minimum atomic E-state index is -0.673. The average Bonchev–Trinajstić information content (AvgIpc) is 2.57. The van der Waals surface area contributed by atoms with Crippen molar-refractivity contribution in [1.29, 1.82) is 0 Å². The maximum atomic E-state index is 12.2. The molecule has 0 aromatic heterocycles. The van der Waals surface area contributed by atoms with Gasteiger partial charge in [0, 0.05) is 18.8 Å². The van der Waals surface area contributed by atoms with E-state index < -0.39 is 24.3 Å². The molecular formula is C20H26N2O5. The van der Waals surface area contributed by atoms with E-state index >= 15 is 0 Å². The molecule has 1 aromatic rings. The number of rotatable bonds is 8. The fourth-order valence-electron chi connectivity index (χ4n) is 2.04. The zero-order valence-corrected chi connectivity index (χ0v) is 16.0. The number of hydrogen-bond donors (Lipinski definition) is 1. The highest BCUT2D eigenvalue weighted by Gasteiger charge is 2.18. The van der Waals surface area contributed by atoms with Crippen LogP contribution >= 0.6 is 0 Å².